The molecule has 0 bridgehead atoms. The molecular weight excluding hydrogens is 436 g/mol. The van der Waals surface area contributed by atoms with Crippen LogP contribution in [0, 0.1) is 50.2 Å². The first-order valence-corrected chi connectivity index (χ1v) is 14.3. The molecule has 2 N–H and O–H groups in total. The number of carbonyl (C=O) groups excluding carboxylic acids is 1. The van der Waals surface area contributed by atoms with Gasteiger partial charge in [-0.2, -0.15) is 0 Å². The van der Waals surface area contributed by atoms with E-state index >= 15 is 0 Å². The molecule has 0 heterocycles. The molecule has 4 saturated carbocycles. The highest BCUT2D eigenvalue weighted by Gasteiger charge is 2.69. The van der Waals surface area contributed by atoms with Crippen LogP contribution in [-0.4, -0.2) is 35.5 Å². The van der Waals surface area contributed by atoms with Crippen molar-refractivity contribution in [3.63, 3.8) is 0 Å². The highest BCUT2D eigenvalue weighted by atomic mass is 16.5. The van der Waals surface area contributed by atoms with Crippen LogP contribution in [0.5, 0.6) is 0 Å². The van der Waals surface area contributed by atoms with Crippen molar-refractivity contribution < 1.29 is 19.7 Å². The fraction of sp³-hybridized carbons (Fsp3) is 0.903. The molecule has 0 aliphatic heterocycles. The highest BCUT2D eigenvalue weighted by molar-refractivity contribution is 5.76. The first-order valence-electron chi connectivity index (χ1n) is 14.3. The molecule has 4 nitrogen and oxygen atoms in total. The minimum absolute atomic E-state index is 0.0415. The minimum Gasteiger partial charge on any atom is -0.469 e. The van der Waals surface area contributed by atoms with Crippen LogP contribution in [0.1, 0.15) is 106 Å². The Kier molecular flexibility index (Phi) is 5.59. The molecule has 0 saturated heterocycles. The maximum absolute atomic E-state index is 12.9. The number of aliphatic hydroxyl groups excluding tert-OH is 2. The number of methoxy groups -OCH3 is 1. The molecule has 5 rings (SSSR count). The van der Waals surface area contributed by atoms with Crippen molar-refractivity contribution in [3.8, 4) is 0 Å². The quantitative estimate of drug-likeness (QED) is 0.337. The smallest absolute Gasteiger partial charge is 0.311 e. The summed E-state index contributed by atoms with van der Waals surface area (Å²) < 4.78 is 5.23. The van der Waals surface area contributed by atoms with E-state index < -0.39 is 11.5 Å². The molecule has 0 aromatic rings. The van der Waals surface area contributed by atoms with Crippen LogP contribution in [0.15, 0.2) is 11.6 Å². The summed E-state index contributed by atoms with van der Waals surface area (Å²) in [6.45, 7) is 16.5. The van der Waals surface area contributed by atoms with Crippen LogP contribution in [0.2, 0.25) is 0 Å². The molecule has 198 valence electrons. The normalized spacial score (nSPS) is 54.9. The van der Waals surface area contributed by atoms with Gasteiger partial charge in [0.25, 0.3) is 0 Å². The summed E-state index contributed by atoms with van der Waals surface area (Å²) in [6, 6.07) is 0. The van der Waals surface area contributed by atoms with E-state index in [1.54, 1.807) is 0 Å². The van der Waals surface area contributed by atoms with Crippen LogP contribution < -0.4 is 0 Å². The second kappa shape index (κ2) is 7.59. The number of carbonyl (C=O) groups is 1. The third kappa shape index (κ3) is 3.08. The predicted octanol–water partition coefficient (Wildman–Crippen LogP) is 6.29. The summed E-state index contributed by atoms with van der Waals surface area (Å²) in [4.78, 5) is 12.9. The molecule has 0 aromatic carbocycles. The van der Waals surface area contributed by atoms with Gasteiger partial charge in [0.15, 0.2) is 0 Å². The van der Waals surface area contributed by atoms with Crippen molar-refractivity contribution in [2.24, 2.45) is 50.2 Å². The van der Waals surface area contributed by atoms with E-state index in [1.165, 1.54) is 25.5 Å². The fourth-order valence-corrected chi connectivity index (χ4v) is 10.9. The van der Waals surface area contributed by atoms with Gasteiger partial charge in [0, 0.05) is 5.41 Å². The molecule has 0 radical (unpaired) electrons. The zero-order chi connectivity index (χ0) is 25.8. The average molecular weight is 487 g/mol. The number of allylic oxidation sites excluding steroid dienone is 2. The van der Waals surface area contributed by atoms with Crippen molar-refractivity contribution in [3.05, 3.63) is 11.6 Å². The maximum Gasteiger partial charge on any atom is 0.311 e. The summed E-state index contributed by atoms with van der Waals surface area (Å²) >= 11 is 0. The summed E-state index contributed by atoms with van der Waals surface area (Å²) in [5, 5.41) is 22.3. The number of esters is 1. The Bertz CT molecular complexity index is 938. The van der Waals surface area contributed by atoms with Crippen LogP contribution in [0.3, 0.4) is 0 Å². The van der Waals surface area contributed by atoms with Crippen molar-refractivity contribution in [2.75, 3.05) is 7.11 Å². The third-order valence-electron chi connectivity index (χ3n) is 13.6. The van der Waals surface area contributed by atoms with E-state index in [9.17, 15) is 15.0 Å². The zero-order valence-corrected chi connectivity index (χ0v) is 23.5. The summed E-state index contributed by atoms with van der Waals surface area (Å²) in [5.74, 6) is 1.17. The Labute approximate surface area is 213 Å². The van der Waals surface area contributed by atoms with E-state index in [4.69, 9.17) is 4.74 Å². The Morgan fingerprint density at radius 2 is 1.54 bits per heavy atom. The lowest BCUT2D eigenvalue weighted by Gasteiger charge is -2.71. The van der Waals surface area contributed by atoms with Crippen LogP contribution in [0.4, 0.5) is 0 Å². The monoisotopic (exact) mass is 486 g/mol. The molecule has 0 spiro atoms. The molecule has 10 atom stereocenters. The number of hydrogen-bond acceptors (Lipinski definition) is 4. The average Bonchev–Trinajstić information content (AvgIpc) is 2.78. The topological polar surface area (TPSA) is 66.8 Å². The summed E-state index contributed by atoms with van der Waals surface area (Å²) in [6.07, 6.45) is 10.7. The molecule has 0 amide bonds. The largest absolute Gasteiger partial charge is 0.469 e. The van der Waals surface area contributed by atoms with Gasteiger partial charge in [-0.3, -0.25) is 4.79 Å². The molecule has 35 heavy (non-hydrogen) atoms. The maximum atomic E-state index is 12.9. The molecule has 0 unspecified atom stereocenters. The Hall–Kier alpha value is -0.870. The molecular formula is C31H50O4. The fourth-order valence-electron chi connectivity index (χ4n) is 10.9. The Morgan fingerprint density at radius 3 is 2.20 bits per heavy atom. The van der Waals surface area contributed by atoms with Crippen molar-refractivity contribution in [1.82, 2.24) is 0 Å². The standard InChI is InChI=1S/C31H50O4/c1-26(2)21-11-14-31(7)22(29(21,5)13-12-23(26)32)10-9-19-20-17-27(3,25(34)35-8)18-24(33)28(20,4)15-16-30(19,31)6/h9,20-24,32-33H,10-18H2,1-8H3/t20-,21-,22+,23-,24-,27-,28+,29-,30+,31+/m0/s1. The van der Waals surface area contributed by atoms with Crippen LogP contribution in [0.25, 0.3) is 0 Å². The van der Waals surface area contributed by atoms with Gasteiger partial charge in [-0.15, -0.1) is 0 Å². The lowest BCUT2D eigenvalue weighted by atomic mass is 9.33. The van der Waals surface area contributed by atoms with Crippen molar-refractivity contribution >= 4 is 5.97 Å². The van der Waals surface area contributed by atoms with Gasteiger partial charge in [0.05, 0.1) is 24.7 Å². The SMILES string of the molecule is COC(=O)[C@]1(C)C[C@H](O)[C@]2(C)CC[C@]3(C)C(=CC[C@@H]4[C@@]5(C)CC[C@H](O)C(C)(C)[C@@H]5CC[C@]43C)[C@@H]2C1. The summed E-state index contributed by atoms with van der Waals surface area (Å²) in [5.41, 5.74) is 1.15. The Morgan fingerprint density at radius 1 is 0.857 bits per heavy atom. The number of fused-ring (bicyclic) bond motifs is 7. The predicted molar refractivity (Wildman–Crippen MR) is 138 cm³/mol. The van der Waals surface area contributed by atoms with Crippen LogP contribution >= 0.6 is 0 Å². The van der Waals surface area contributed by atoms with Gasteiger partial charge in [-0.25, -0.2) is 0 Å². The molecule has 4 heteroatoms. The first-order chi connectivity index (χ1) is 16.1. The molecule has 4 fully saturated rings. The van der Waals surface area contributed by atoms with E-state index in [0.717, 1.165) is 38.5 Å². The molecule has 5 aliphatic carbocycles. The second-order valence-electron chi connectivity index (χ2n) is 15.2. The first kappa shape index (κ1) is 25.8. The minimum atomic E-state index is -0.637. The summed E-state index contributed by atoms with van der Waals surface area (Å²) in [7, 11) is 1.48. The van der Waals surface area contributed by atoms with Gasteiger partial charge in [0.1, 0.15) is 0 Å². The van der Waals surface area contributed by atoms with Crippen LogP contribution in [-0.2, 0) is 9.53 Å². The van der Waals surface area contributed by atoms with Gasteiger partial charge >= 0.3 is 5.97 Å². The number of hydrogen-bond donors (Lipinski definition) is 2. The van der Waals surface area contributed by atoms with Crippen molar-refractivity contribution in [2.45, 2.75) is 118 Å². The zero-order valence-electron chi connectivity index (χ0n) is 23.5. The van der Waals surface area contributed by atoms with E-state index in [2.05, 4.69) is 47.6 Å². The van der Waals surface area contributed by atoms with Crippen molar-refractivity contribution in [1.29, 1.82) is 0 Å². The number of rotatable bonds is 1. The molecule has 5 aliphatic rings. The van der Waals surface area contributed by atoms with E-state index in [-0.39, 0.29) is 45.1 Å². The number of aliphatic hydroxyl groups is 2. The lowest BCUT2D eigenvalue weighted by molar-refractivity contribution is -0.209. The van der Waals surface area contributed by atoms with Gasteiger partial charge in [0.2, 0.25) is 0 Å². The third-order valence-corrected chi connectivity index (χ3v) is 13.6. The lowest BCUT2D eigenvalue weighted by Crippen LogP contribution is -2.65. The van der Waals surface area contributed by atoms with E-state index in [0.29, 0.717) is 18.3 Å². The Balaban J connectivity index is 1.58. The van der Waals surface area contributed by atoms with Gasteiger partial charge in [-0.05, 0) is 104 Å². The highest BCUT2D eigenvalue weighted by Crippen LogP contribution is 2.75. The van der Waals surface area contributed by atoms with Gasteiger partial charge in [-0.1, -0.05) is 53.2 Å². The van der Waals surface area contributed by atoms with Gasteiger partial charge < -0.3 is 14.9 Å². The van der Waals surface area contributed by atoms with E-state index in [1.807, 2.05) is 6.92 Å². The second-order valence-corrected chi connectivity index (χ2v) is 15.2. The number of ether oxygens (including phenoxy) is 1. The molecule has 0 aromatic heterocycles.